The van der Waals surface area contributed by atoms with Crippen molar-refractivity contribution in [3.8, 4) is 5.88 Å². The molecule has 1 aromatic carbocycles. The molecule has 156 valence electrons. The summed E-state index contributed by atoms with van der Waals surface area (Å²) >= 11 is 0. The van der Waals surface area contributed by atoms with Crippen molar-refractivity contribution in [2.45, 2.75) is 19.9 Å². The van der Waals surface area contributed by atoms with Crippen LogP contribution in [0.3, 0.4) is 0 Å². The maximum Gasteiger partial charge on any atom is 0.232 e. The van der Waals surface area contributed by atoms with Crippen molar-refractivity contribution in [3.63, 3.8) is 0 Å². The van der Waals surface area contributed by atoms with Crippen LogP contribution in [0.4, 0.5) is 11.5 Å². The molecule has 0 saturated heterocycles. The molecule has 0 fully saturated rings. The highest BCUT2D eigenvalue weighted by Crippen LogP contribution is 2.16. The number of aromatic nitrogens is 3. The molecule has 0 aliphatic heterocycles. The van der Waals surface area contributed by atoms with E-state index in [1.807, 2.05) is 43.3 Å². The number of hydrogen-bond donors (Lipinski definition) is 2. The van der Waals surface area contributed by atoms with Gasteiger partial charge < -0.3 is 20.5 Å². The second-order valence-electron chi connectivity index (χ2n) is 6.49. The predicted octanol–water partition coefficient (Wildman–Crippen LogP) is 2.91. The standard InChI is InChI=1S/C22H25N5O3/c1-2-29-9-10-30-21-15-26-19(14-27-21)20(28)12-16-5-3-6-17(11-16)13-25-18-7-4-8-24-22(18)23/h3-8,11,14-15,25H,2,9-10,12-13H2,1H3,(H2,23,24). The number of benzene rings is 1. The molecule has 3 rings (SSSR count). The van der Waals surface area contributed by atoms with Crippen LogP contribution in [0.5, 0.6) is 5.88 Å². The largest absolute Gasteiger partial charge is 0.474 e. The zero-order valence-corrected chi connectivity index (χ0v) is 16.9. The first-order valence-electron chi connectivity index (χ1n) is 9.73. The molecule has 0 unspecified atom stereocenters. The summed E-state index contributed by atoms with van der Waals surface area (Å²) in [6, 6.07) is 11.5. The maximum absolute atomic E-state index is 12.6. The van der Waals surface area contributed by atoms with Crippen LogP contribution in [0, 0.1) is 0 Å². The quantitative estimate of drug-likeness (QED) is 0.369. The number of nitrogens with one attached hydrogen (secondary N) is 1. The van der Waals surface area contributed by atoms with Crippen LogP contribution in [-0.2, 0) is 17.7 Å². The molecule has 0 radical (unpaired) electrons. The Balaban J connectivity index is 1.55. The Bertz CT molecular complexity index is 963. The molecule has 8 heteroatoms. The third kappa shape index (κ3) is 6.25. The van der Waals surface area contributed by atoms with Crippen molar-refractivity contribution in [1.82, 2.24) is 15.0 Å². The Hall–Kier alpha value is -3.52. The zero-order chi connectivity index (χ0) is 21.2. The van der Waals surface area contributed by atoms with Crippen molar-refractivity contribution >= 4 is 17.3 Å². The SMILES string of the molecule is CCOCCOc1cnc(C(=O)Cc2cccc(CNc3cccnc3N)c2)cn1. The average molecular weight is 407 g/mol. The van der Waals surface area contributed by atoms with E-state index >= 15 is 0 Å². The molecular formula is C22H25N5O3. The minimum atomic E-state index is -0.107. The van der Waals surface area contributed by atoms with Crippen LogP contribution in [0.25, 0.3) is 0 Å². The summed E-state index contributed by atoms with van der Waals surface area (Å²) in [6.45, 7) is 4.00. The number of rotatable bonds is 11. The molecule has 0 amide bonds. The molecule has 8 nitrogen and oxygen atoms in total. The summed E-state index contributed by atoms with van der Waals surface area (Å²) in [7, 11) is 0. The molecule has 0 atom stereocenters. The molecule has 3 N–H and O–H groups in total. The van der Waals surface area contributed by atoms with Gasteiger partial charge in [0.15, 0.2) is 5.78 Å². The average Bonchev–Trinajstić information content (AvgIpc) is 2.77. The molecular weight excluding hydrogens is 382 g/mol. The van der Waals surface area contributed by atoms with Gasteiger partial charge >= 0.3 is 0 Å². The van der Waals surface area contributed by atoms with E-state index in [0.29, 0.717) is 43.8 Å². The zero-order valence-electron chi connectivity index (χ0n) is 16.9. The lowest BCUT2D eigenvalue weighted by atomic mass is 10.0. The summed E-state index contributed by atoms with van der Waals surface area (Å²) in [5.41, 5.74) is 8.86. The first kappa shape index (κ1) is 21.2. The Morgan fingerprint density at radius 2 is 1.93 bits per heavy atom. The van der Waals surface area contributed by atoms with Gasteiger partial charge in [0.05, 0.1) is 24.7 Å². The van der Waals surface area contributed by atoms with E-state index in [9.17, 15) is 4.79 Å². The topological polar surface area (TPSA) is 112 Å². The number of carbonyl (C=O) groups is 1. The summed E-state index contributed by atoms with van der Waals surface area (Å²) in [5.74, 6) is 0.715. The van der Waals surface area contributed by atoms with Gasteiger partial charge in [0.2, 0.25) is 5.88 Å². The lowest BCUT2D eigenvalue weighted by molar-refractivity contribution is 0.0986. The molecule has 3 aromatic rings. The van der Waals surface area contributed by atoms with Crippen LogP contribution in [0.1, 0.15) is 28.5 Å². The first-order chi connectivity index (χ1) is 14.7. The predicted molar refractivity (Wildman–Crippen MR) is 114 cm³/mol. The second-order valence-corrected chi connectivity index (χ2v) is 6.49. The minimum absolute atomic E-state index is 0.107. The van der Waals surface area contributed by atoms with Crippen LogP contribution in [0.2, 0.25) is 0 Å². The van der Waals surface area contributed by atoms with Crippen molar-refractivity contribution in [2.75, 3.05) is 30.9 Å². The van der Waals surface area contributed by atoms with E-state index in [4.69, 9.17) is 15.2 Å². The summed E-state index contributed by atoms with van der Waals surface area (Å²) in [6.07, 6.45) is 4.78. The van der Waals surface area contributed by atoms with Gasteiger partial charge in [-0.2, -0.15) is 0 Å². The van der Waals surface area contributed by atoms with Gasteiger partial charge in [-0.15, -0.1) is 0 Å². The van der Waals surface area contributed by atoms with E-state index in [1.165, 1.54) is 12.4 Å². The van der Waals surface area contributed by atoms with Gasteiger partial charge in [0, 0.05) is 25.8 Å². The highest BCUT2D eigenvalue weighted by molar-refractivity contribution is 5.95. The van der Waals surface area contributed by atoms with E-state index in [0.717, 1.165) is 16.8 Å². The number of pyridine rings is 1. The van der Waals surface area contributed by atoms with Crippen LogP contribution >= 0.6 is 0 Å². The molecule has 30 heavy (non-hydrogen) atoms. The van der Waals surface area contributed by atoms with Crippen molar-refractivity contribution < 1.29 is 14.3 Å². The molecule has 2 heterocycles. The molecule has 0 aliphatic carbocycles. The number of anilines is 2. The fourth-order valence-corrected chi connectivity index (χ4v) is 2.77. The molecule has 0 saturated carbocycles. The van der Waals surface area contributed by atoms with Gasteiger partial charge in [-0.3, -0.25) is 4.79 Å². The van der Waals surface area contributed by atoms with Crippen LogP contribution in [0.15, 0.2) is 55.0 Å². The number of carbonyl (C=O) groups excluding carboxylic acids is 1. The number of nitrogens with two attached hydrogens (primary N) is 1. The molecule has 0 aliphatic rings. The Labute approximate surface area is 175 Å². The minimum Gasteiger partial charge on any atom is -0.474 e. The third-order valence-electron chi connectivity index (χ3n) is 4.27. The number of ketones is 1. The van der Waals surface area contributed by atoms with E-state index in [1.54, 1.807) is 6.20 Å². The van der Waals surface area contributed by atoms with Crippen molar-refractivity contribution in [2.24, 2.45) is 0 Å². The van der Waals surface area contributed by atoms with E-state index in [2.05, 4.69) is 20.3 Å². The Kier molecular flexibility index (Phi) is 7.68. The van der Waals surface area contributed by atoms with Gasteiger partial charge in [0.1, 0.15) is 18.1 Å². The smallest absolute Gasteiger partial charge is 0.232 e. The number of nitrogens with zero attached hydrogens (tertiary/aromatic N) is 3. The Morgan fingerprint density at radius 1 is 1.07 bits per heavy atom. The normalized spacial score (nSPS) is 10.6. The van der Waals surface area contributed by atoms with Gasteiger partial charge in [-0.1, -0.05) is 24.3 Å². The van der Waals surface area contributed by atoms with Gasteiger partial charge in [0.25, 0.3) is 0 Å². The fourth-order valence-electron chi connectivity index (χ4n) is 2.77. The lowest BCUT2D eigenvalue weighted by Crippen LogP contribution is -2.10. The second kappa shape index (κ2) is 10.9. The summed E-state index contributed by atoms with van der Waals surface area (Å²) in [5, 5.41) is 3.25. The number of Topliss-reactive ketones (excluding diaryl/α,β-unsaturated/α-hetero) is 1. The molecule has 2 aromatic heterocycles. The number of ether oxygens (including phenoxy) is 2. The van der Waals surface area contributed by atoms with E-state index < -0.39 is 0 Å². The number of hydrogen-bond acceptors (Lipinski definition) is 8. The van der Waals surface area contributed by atoms with Gasteiger partial charge in [-0.05, 0) is 30.2 Å². The highest BCUT2D eigenvalue weighted by atomic mass is 16.5. The van der Waals surface area contributed by atoms with Crippen molar-refractivity contribution in [1.29, 1.82) is 0 Å². The Morgan fingerprint density at radius 3 is 2.70 bits per heavy atom. The molecule has 0 bridgehead atoms. The van der Waals surface area contributed by atoms with E-state index in [-0.39, 0.29) is 12.2 Å². The number of nitrogen functional groups attached to an aromatic ring is 1. The highest BCUT2D eigenvalue weighted by Gasteiger charge is 2.10. The fraction of sp³-hybridized carbons (Fsp3) is 0.273. The first-order valence-corrected chi connectivity index (χ1v) is 9.73. The van der Waals surface area contributed by atoms with Gasteiger partial charge in [-0.25, -0.2) is 15.0 Å². The summed E-state index contributed by atoms with van der Waals surface area (Å²) in [4.78, 5) is 24.9. The monoisotopic (exact) mass is 407 g/mol. The maximum atomic E-state index is 12.6. The third-order valence-corrected chi connectivity index (χ3v) is 4.27. The van der Waals surface area contributed by atoms with Crippen LogP contribution < -0.4 is 15.8 Å². The summed E-state index contributed by atoms with van der Waals surface area (Å²) < 4.78 is 10.6. The molecule has 0 spiro atoms. The van der Waals surface area contributed by atoms with Crippen LogP contribution in [-0.4, -0.2) is 40.6 Å². The lowest BCUT2D eigenvalue weighted by Gasteiger charge is -2.09. The van der Waals surface area contributed by atoms with Crippen molar-refractivity contribution in [3.05, 3.63) is 71.8 Å².